The van der Waals surface area contributed by atoms with Gasteiger partial charge in [0.1, 0.15) is 18.3 Å². The monoisotopic (exact) mass is 333 g/mol. The lowest BCUT2D eigenvalue weighted by molar-refractivity contribution is -0.0210. The Bertz CT molecular complexity index is 508. The van der Waals surface area contributed by atoms with Crippen LogP contribution in [0.5, 0.6) is 0 Å². The van der Waals surface area contributed by atoms with Crippen molar-refractivity contribution in [2.24, 2.45) is 0 Å². The normalized spacial score (nSPS) is 28.9. The van der Waals surface area contributed by atoms with Crippen molar-refractivity contribution in [3.8, 4) is 0 Å². The van der Waals surface area contributed by atoms with Crippen LogP contribution in [0.4, 0.5) is 0 Å². The first-order valence-corrected chi connectivity index (χ1v) is 8.36. The molecular formula is C13H20NO7P. The number of hydrogen-bond donors (Lipinski definition) is 5. The second-order valence-corrected chi connectivity index (χ2v) is 6.34. The molecule has 0 aliphatic carbocycles. The topological polar surface area (TPSA) is 128 Å². The Morgan fingerprint density at radius 3 is 2.41 bits per heavy atom. The summed E-state index contributed by atoms with van der Waals surface area (Å²) in [7, 11) is -4.63. The van der Waals surface area contributed by atoms with E-state index < -0.39 is 38.8 Å². The second kappa shape index (κ2) is 7.63. The molecule has 2 rings (SSSR count). The van der Waals surface area contributed by atoms with Crippen LogP contribution in [0.25, 0.3) is 0 Å². The van der Waals surface area contributed by atoms with Crippen LogP contribution in [0.2, 0.25) is 0 Å². The Kier molecular flexibility index (Phi) is 6.08. The van der Waals surface area contributed by atoms with Crippen LogP contribution in [0.15, 0.2) is 30.3 Å². The largest absolute Gasteiger partial charge is 0.469 e. The molecule has 0 unspecified atom stereocenters. The number of benzene rings is 1. The molecule has 1 heterocycles. The maximum absolute atomic E-state index is 10.6. The lowest BCUT2D eigenvalue weighted by Crippen LogP contribution is -2.38. The zero-order valence-electron chi connectivity index (χ0n) is 11.8. The molecule has 8 nitrogen and oxygen atoms in total. The fraction of sp³-hybridized carbons (Fsp3) is 0.538. The first-order chi connectivity index (χ1) is 10.4. The number of nitrogens with one attached hydrogen (secondary N) is 1. The van der Waals surface area contributed by atoms with Crippen molar-refractivity contribution in [3.05, 3.63) is 35.9 Å². The van der Waals surface area contributed by atoms with E-state index in [1.807, 2.05) is 30.3 Å². The molecular weight excluding hydrogens is 313 g/mol. The average Bonchev–Trinajstić information content (AvgIpc) is 2.74. The van der Waals surface area contributed by atoms with E-state index in [1.54, 1.807) is 0 Å². The molecule has 124 valence electrons. The van der Waals surface area contributed by atoms with Gasteiger partial charge in [0, 0.05) is 13.1 Å². The van der Waals surface area contributed by atoms with Crippen LogP contribution in [-0.4, -0.2) is 57.6 Å². The fourth-order valence-electron chi connectivity index (χ4n) is 2.26. The molecule has 0 amide bonds. The van der Waals surface area contributed by atoms with Crippen LogP contribution in [0.3, 0.4) is 0 Å². The van der Waals surface area contributed by atoms with Crippen molar-refractivity contribution in [2.75, 3.05) is 13.2 Å². The molecule has 1 saturated heterocycles. The molecule has 5 N–H and O–H groups in total. The summed E-state index contributed by atoms with van der Waals surface area (Å²) < 4.78 is 20.3. The van der Waals surface area contributed by atoms with Gasteiger partial charge in [-0.25, -0.2) is 4.57 Å². The van der Waals surface area contributed by atoms with Crippen molar-refractivity contribution >= 4 is 7.82 Å². The summed E-state index contributed by atoms with van der Waals surface area (Å²) in [5, 5.41) is 22.8. The van der Waals surface area contributed by atoms with Gasteiger partial charge in [-0.3, -0.25) is 4.52 Å². The van der Waals surface area contributed by atoms with E-state index in [1.165, 1.54) is 0 Å². The zero-order valence-corrected chi connectivity index (χ0v) is 12.7. The third-order valence-corrected chi connectivity index (χ3v) is 3.87. The number of rotatable bonds is 7. The molecule has 0 radical (unpaired) electrons. The highest BCUT2D eigenvalue weighted by molar-refractivity contribution is 7.46. The smallest absolute Gasteiger partial charge is 0.388 e. The third kappa shape index (κ3) is 5.12. The van der Waals surface area contributed by atoms with Crippen LogP contribution < -0.4 is 5.32 Å². The van der Waals surface area contributed by atoms with Crippen molar-refractivity contribution < 1.29 is 33.8 Å². The highest BCUT2D eigenvalue weighted by Gasteiger charge is 2.43. The molecule has 9 heteroatoms. The number of aliphatic hydroxyl groups excluding tert-OH is 2. The summed E-state index contributed by atoms with van der Waals surface area (Å²) in [6.45, 7) is 0.379. The molecule has 0 spiro atoms. The highest BCUT2D eigenvalue weighted by Crippen LogP contribution is 2.37. The van der Waals surface area contributed by atoms with Gasteiger partial charge in [-0.2, -0.15) is 0 Å². The van der Waals surface area contributed by atoms with Crippen molar-refractivity contribution in [2.45, 2.75) is 31.0 Å². The minimum Gasteiger partial charge on any atom is -0.388 e. The van der Waals surface area contributed by atoms with Crippen LogP contribution in [-0.2, 0) is 20.4 Å². The van der Waals surface area contributed by atoms with E-state index in [2.05, 4.69) is 9.84 Å². The molecule has 1 aromatic carbocycles. The van der Waals surface area contributed by atoms with Crippen molar-refractivity contribution in [1.82, 2.24) is 5.32 Å². The van der Waals surface area contributed by atoms with Crippen LogP contribution in [0.1, 0.15) is 5.56 Å². The molecule has 0 saturated carbocycles. The number of phosphoric ester groups is 1. The van der Waals surface area contributed by atoms with Gasteiger partial charge in [0.15, 0.2) is 0 Å². The van der Waals surface area contributed by atoms with E-state index in [0.29, 0.717) is 13.1 Å². The maximum Gasteiger partial charge on any atom is 0.469 e. The highest BCUT2D eigenvalue weighted by atomic mass is 31.2. The summed E-state index contributed by atoms with van der Waals surface area (Å²) in [6.07, 6.45) is -4.06. The molecule has 1 aliphatic rings. The Morgan fingerprint density at radius 1 is 1.14 bits per heavy atom. The Labute approximate surface area is 127 Å². The van der Waals surface area contributed by atoms with E-state index in [-0.39, 0.29) is 0 Å². The van der Waals surface area contributed by atoms with E-state index in [9.17, 15) is 14.8 Å². The molecule has 22 heavy (non-hydrogen) atoms. The minimum absolute atomic E-state index is 0.291. The molecule has 4 atom stereocenters. The van der Waals surface area contributed by atoms with Crippen LogP contribution in [0, 0.1) is 0 Å². The molecule has 1 aliphatic heterocycles. The molecule has 0 bridgehead atoms. The lowest BCUT2D eigenvalue weighted by atomic mass is 10.1. The standard InChI is InChI=1S/C13H20NO7P/c15-12-10(7-14-6-9-4-2-1-3-5-9)21-11(13(12)16)8-20-22(17,18)19/h1-5,10-16H,6-8H2,(H2,17,18,19)/t10-,11-,12+,13-/m1/s1. The quantitative estimate of drug-likeness (QED) is 0.418. The first-order valence-electron chi connectivity index (χ1n) is 6.83. The second-order valence-electron chi connectivity index (χ2n) is 5.10. The van der Waals surface area contributed by atoms with Crippen molar-refractivity contribution in [3.63, 3.8) is 0 Å². The third-order valence-electron chi connectivity index (χ3n) is 3.39. The number of phosphoric acid groups is 1. The fourth-order valence-corrected chi connectivity index (χ4v) is 2.60. The molecule has 1 aromatic rings. The van der Waals surface area contributed by atoms with Crippen LogP contribution >= 0.6 is 7.82 Å². The summed E-state index contributed by atoms with van der Waals surface area (Å²) in [5.41, 5.74) is 1.07. The summed E-state index contributed by atoms with van der Waals surface area (Å²) in [5.74, 6) is 0. The Hall–Kier alpha value is -0.830. The van der Waals surface area contributed by atoms with E-state index in [4.69, 9.17) is 14.5 Å². The van der Waals surface area contributed by atoms with Crippen molar-refractivity contribution in [1.29, 1.82) is 0 Å². The van der Waals surface area contributed by atoms with E-state index in [0.717, 1.165) is 5.56 Å². The predicted molar refractivity (Wildman–Crippen MR) is 76.8 cm³/mol. The lowest BCUT2D eigenvalue weighted by Gasteiger charge is -2.15. The zero-order chi connectivity index (χ0) is 16.2. The van der Waals surface area contributed by atoms with Gasteiger partial charge in [0.25, 0.3) is 0 Å². The van der Waals surface area contributed by atoms with Gasteiger partial charge >= 0.3 is 7.82 Å². The van der Waals surface area contributed by atoms with Gasteiger partial charge in [0.05, 0.1) is 12.7 Å². The number of hydrogen-bond acceptors (Lipinski definition) is 6. The summed E-state index contributed by atoms with van der Waals surface area (Å²) >= 11 is 0. The molecule has 1 fully saturated rings. The SMILES string of the molecule is O=P(O)(O)OC[C@H]1O[C@H](CNCc2ccccc2)[C@H](O)[C@@H]1O. The summed E-state index contributed by atoms with van der Waals surface area (Å²) in [4.78, 5) is 17.3. The Balaban J connectivity index is 1.78. The van der Waals surface area contributed by atoms with Gasteiger partial charge in [-0.15, -0.1) is 0 Å². The van der Waals surface area contributed by atoms with Gasteiger partial charge < -0.3 is 30.1 Å². The Morgan fingerprint density at radius 2 is 1.77 bits per heavy atom. The van der Waals surface area contributed by atoms with Gasteiger partial charge in [-0.05, 0) is 5.56 Å². The average molecular weight is 333 g/mol. The summed E-state index contributed by atoms with van der Waals surface area (Å²) in [6, 6.07) is 9.64. The molecule has 0 aromatic heterocycles. The first kappa shape index (κ1) is 17.5. The number of ether oxygens (including phenoxy) is 1. The number of aliphatic hydroxyl groups is 2. The maximum atomic E-state index is 10.6. The van der Waals surface area contributed by atoms with Gasteiger partial charge in [0.2, 0.25) is 0 Å². The predicted octanol–water partition coefficient (Wildman–Crippen LogP) is -0.625. The minimum atomic E-state index is -4.63. The van der Waals surface area contributed by atoms with E-state index >= 15 is 0 Å². The van der Waals surface area contributed by atoms with Gasteiger partial charge in [-0.1, -0.05) is 30.3 Å².